The van der Waals surface area contributed by atoms with Crippen LogP contribution in [-0.2, 0) is 14.3 Å². The summed E-state index contributed by atoms with van der Waals surface area (Å²) in [5, 5.41) is 21.5. The fourth-order valence-corrected chi connectivity index (χ4v) is 2.06. The second-order valence-corrected chi connectivity index (χ2v) is 4.44. The molecule has 0 unspecified atom stereocenters. The van der Waals surface area contributed by atoms with Gasteiger partial charge in [0.2, 0.25) is 0 Å². The van der Waals surface area contributed by atoms with Crippen LogP contribution in [0.15, 0.2) is 35.5 Å². The highest BCUT2D eigenvalue weighted by atomic mass is 16.5. The summed E-state index contributed by atoms with van der Waals surface area (Å²) < 4.78 is 4.67. The zero-order valence-electron chi connectivity index (χ0n) is 11.5. The van der Waals surface area contributed by atoms with Gasteiger partial charge >= 0.3 is 5.97 Å². The van der Waals surface area contributed by atoms with Gasteiger partial charge < -0.3 is 25.2 Å². The molecule has 0 aliphatic carbocycles. The number of aliphatic hydroxyl groups excluding tert-OH is 1. The molecular weight excluding hydrogens is 276 g/mol. The number of nitrogens with zero attached hydrogens (tertiary/aromatic N) is 1. The lowest BCUT2D eigenvalue weighted by Gasteiger charge is -2.15. The minimum Gasteiger partial charge on any atom is -0.506 e. The van der Waals surface area contributed by atoms with Crippen LogP contribution in [0, 0.1) is 0 Å². The van der Waals surface area contributed by atoms with Gasteiger partial charge in [-0.15, -0.1) is 0 Å². The fourth-order valence-electron chi connectivity index (χ4n) is 2.06. The third kappa shape index (κ3) is 2.97. The molecule has 0 saturated carbocycles. The Labute approximate surface area is 121 Å². The number of esters is 1. The van der Waals surface area contributed by atoms with Gasteiger partial charge in [-0.2, -0.15) is 0 Å². The second-order valence-electron chi connectivity index (χ2n) is 4.44. The molecule has 7 nitrogen and oxygen atoms in total. The number of carbonyl (C=O) groups excluding carboxylic acids is 2. The minimum atomic E-state index is -0.623. The first kappa shape index (κ1) is 14.9. The highest BCUT2D eigenvalue weighted by Gasteiger charge is 2.34. The number of methoxy groups -OCH3 is 1. The molecule has 112 valence electrons. The van der Waals surface area contributed by atoms with Gasteiger partial charge in [0, 0.05) is 6.54 Å². The van der Waals surface area contributed by atoms with Crippen LogP contribution in [0.5, 0.6) is 5.75 Å². The number of anilines is 1. The van der Waals surface area contributed by atoms with Crippen LogP contribution in [0.4, 0.5) is 5.69 Å². The lowest BCUT2D eigenvalue weighted by molar-refractivity contribution is -0.136. The van der Waals surface area contributed by atoms with E-state index in [0.29, 0.717) is 5.69 Å². The van der Waals surface area contributed by atoms with Gasteiger partial charge in [-0.05, 0) is 12.1 Å². The number of phenols is 1. The predicted molar refractivity (Wildman–Crippen MR) is 74.4 cm³/mol. The maximum Gasteiger partial charge on any atom is 0.337 e. The molecule has 1 aliphatic rings. The Balaban J connectivity index is 2.33. The number of rotatable bonds is 5. The lowest BCUT2D eigenvalue weighted by atomic mass is 10.2. The number of para-hydroxylation sites is 2. The summed E-state index contributed by atoms with van der Waals surface area (Å²) in [5.74, 6) is -1.09. The molecular formula is C14H16N2O5. The maximum absolute atomic E-state index is 12.2. The van der Waals surface area contributed by atoms with Crippen molar-refractivity contribution in [2.45, 2.75) is 0 Å². The van der Waals surface area contributed by atoms with Gasteiger partial charge in [-0.3, -0.25) is 4.79 Å². The van der Waals surface area contributed by atoms with E-state index in [9.17, 15) is 14.7 Å². The monoisotopic (exact) mass is 292 g/mol. The van der Waals surface area contributed by atoms with Gasteiger partial charge in [0.05, 0.1) is 31.5 Å². The van der Waals surface area contributed by atoms with Gasteiger partial charge in [0.15, 0.2) is 0 Å². The van der Waals surface area contributed by atoms with E-state index in [1.165, 1.54) is 18.1 Å². The van der Waals surface area contributed by atoms with Crippen molar-refractivity contribution in [3.05, 3.63) is 35.5 Å². The molecule has 1 aromatic carbocycles. The zero-order chi connectivity index (χ0) is 15.4. The van der Waals surface area contributed by atoms with E-state index in [-0.39, 0.29) is 36.7 Å². The quantitative estimate of drug-likeness (QED) is 0.524. The highest BCUT2D eigenvalue weighted by molar-refractivity contribution is 6.08. The summed E-state index contributed by atoms with van der Waals surface area (Å²) in [6.07, 6.45) is 0. The van der Waals surface area contributed by atoms with Crippen LogP contribution in [-0.4, -0.2) is 53.8 Å². The number of ether oxygens (including phenoxy) is 1. The summed E-state index contributed by atoms with van der Waals surface area (Å²) in [6, 6.07) is 6.38. The Bertz CT molecular complexity index is 597. The molecule has 1 aliphatic heterocycles. The fraction of sp³-hybridized carbons (Fsp3) is 0.286. The van der Waals surface area contributed by atoms with Crippen molar-refractivity contribution < 1.29 is 24.5 Å². The molecule has 0 bridgehead atoms. The van der Waals surface area contributed by atoms with E-state index >= 15 is 0 Å². The number of β-amino-alcohol motifs (C(OH)–C–C–N with tert-alkyl or cyclic N) is 1. The average molecular weight is 292 g/mol. The normalized spacial score (nSPS) is 14.6. The molecule has 0 atom stereocenters. The maximum atomic E-state index is 12.2. The number of amides is 1. The topological polar surface area (TPSA) is 99.1 Å². The van der Waals surface area contributed by atoms with Crippen molar-refractivity contribution in [3.8, 4) is 5.75 Å². The number of carbonyl (C=O) groups is 2. The smallest absolute Gasteiger partial charge is 0.337 e. The predicted octanol–water partition coefficient (Wildman–Crippen LogP) is 0.0657. The number of hydrogen-bond acceptors (Lipinski definition) is 6. The van der Waals surface area contributed by atoms with Gasteiger partial charge in [0.1, 0.15) is 11.4 Å². The van der Waals surface area contributed by atoms with Crippen molar-refractivity contribution in [2.75, 3.05) is 32.1 Å². The van der Waals surface area contributed by atoms with E-state index in [0.717, 1.165) is 0 Å². The highest BCUT2D eigenvalue weighted by Crippen LogP contribution is 2.27. The summed E-state index contributed by atoms with van der Waals surface area (Å²) in [7, 11) is 1.23. The van der Waals surface area contributed by atoms with Crippen LogP contribution in [0.3, 0.4) is 0 Å². The number of phenolic OH excluding ortho intramolecular Hbond substituents is 1. The molecule has 21 heavy (non-hydrogen) atoms. The third-order valence-electron chi connectivity index (χ3n) is 3.12. The Morgan fingerprint density at radius 1 is 1.43 bits per heavy atom. The Hall–Kier alpha value is -2.54. The number of hydrogen-bond donors (Lipinski definition) is 3. The van der Waals surface area contributed by atoms with E-state index in [4.69, 9.17) is 5.11 Å². The summed E-state index contributed by atoms with van der Waals surface area (Å²) in [6.45, 7) is -0.0304. The summed E-state index contributed by atoms with van der Waals surface area (Å²) >= 11 is 0. The van der Waals surface area contributed by atoms with Crippen molar-refractivity contribution in [1.82, 2.24) is 4.90 Å². The van der Waals surface area contributed by atoms with E-state index in [2.05, 4.69) is 10.1 Å². The molecule has 0 spiro atoms. The first-order chi connectivity index (χ1) is 10.1. The van der Waals surface area contributed by atoms with E-state index in [1.807, 2.05) is 0 Å². The first-order valence-electron chi connectivity index (χ1n) is 6.35. The Morgan fingerprint density at radius 3 is 2.76 bits per heavy atom. The van der Waals surface area contributed by atoms with E-state index in [1.54, 1.807) is 18.2 Å². The van der Waals surface area contributed by atoms with Crippen LogP contribution < -0.4 is 5.32 Å². The second kappa shape index (κ2) is 6.27. The van der Waals surface area contributed by atoms with Crippen molar-refractivity contribution in [2.24, 2.45) is 0 Å². The number of benzene rings is 1. The molecule has 0 fully saturated rings. The number of nitrogens with one attached hydrogen (secondary N) is 1. The lowest BCUT2D eigenvalue weighted by Crippen LogP contribution is -2.31. The third-order valence-corrected chi connectivity index (χ3v) is 3.12. The van der Waals surface area contributed by atoms with E-state index < -0.39 is 11.9 Å². The molecule has 1 amide bonds. The van der Waals surface area contributed by atoms with Crippen LogP contribution in [0.1, 0.15) is 0 Å². The molecule has 0 aromatic heterocycles. The number of aliphatic hydroxyl groups is 1. The molecule has 1 aromatic rings. The van der Waals surface area contributed by atoms with Crippen molar-refractivity contribution in [3.63, 3.8) is 0 Å². The van der Waals surface area contributed by atoms with Gasteiger partial charge in [0.25, 0.3) is 5.91 Å². The van der Waals surface area contributed by atoms with Crippen LogP contribution in [0.2, 0.25) is 0 Å². The molecule has 0 radical (unpaired) electrons. The Morgan fingerprint density at radius 2 is 2.14 bits per heavy atom. The molecule has 0 saturated heterocycles. The molecule has 7 heteroatoms. The largest absolute Gasteiger partial charge is 0.506 e. The van der Waals surface area contributed by atoms with Crippen molar-refractivity contribution in [1.29, 1.82) is 0 Å². The average Bonchev–Trinajstić information content (AvgIpc) is 2.78. The van der Waals surface area contributed by atoms with Gasteiger partial charge in [-0.25, -0.2) is 4.79 Å². The Kier molecular flexibility index (Phi) is 4.44. The zero-order valence-corrected chi connectivity index (χ0v) is 11.5. The first-order valence-corrected chi connectivity index (χ1v) is 6.35. The van der Waals surface area contributed by atoms with Crippen LogP contribution in [0.25, 0.3) is 0 Å². The molecule has 3 N–H and O–H groups in total. The van der Waals surface area contributed by atoms with Gasteiger partial charge in [-0.1, -0.05) is 12.1 Å². The summed E-state index contributed by atoms with van der Waals surface area (Å²) in [5.41, 5.74) is 0.532. The van der Waals surface area contributed by atoms with Crippen LogP contribution >= 0.6 is 0 Å². The SMILES string of the molecule is COC(=O)C1=C(Nc2ccccc2O)C(=O)N(CCO)C1. The molecule has 2 rings (SSSR count). The minimum absolute atomic E-state index is 0.0392. The molecule has 1 heterocycles. The number of aromatic hydroxyl groups is 1. The standard InChI is InChI=1S/C14H16N2O5/c1-21-14(20)9-8-16(6-7-17)13(19)12(9)15-10-4-2-3-5-11(10)18/h2-5,15,17-18H,6-8H2,1H3. The summed E-state index contributed by atoms with van der Waals surface area (Å²) in [4.78, 5) is 25.3. The van der Waals surface area contributed by atoms with Crippen molar-refractivity contribution >= 4 is 17.6 Å².